The van der Waals surface area contributed by atoms with Gasteiger partial charge in [0.1, 0.15) is 27.9 Å². The molecule has 2 aromatic heterocycles. The molecule has 31 heavy (non-hydrogen) atoms. The summed E-state index contributed by atoms with van der Waals surface area (Å²) in [6.07, 6.45) is 6.90. The van der Waals surface area contributed by atoms with Crippen molar-refractivity contribution in [1.29, 1.82) is 0 Å². The SMILES string of the molecule is Cc1cnc(N)c2nc(CC3CC3)n(CCCCCS(=O)(=O)c3ccc(F)cc3F)c12. The van der Waals surface area contributed by atoms with E-state index >= 15 is 0 Å². The number of benzene rings is 1. The van der Waals surface area contributed by atoms with Crippen LogP contribution >= 0.6 is 0 Å². The largest absolute Gasteiger partial charge is 0.382 e. The highest BCUT2D eigenvalue weighted by atomic mass is 32.2. The second kappa shape index (κ2) is 8.53. The van der Waals surface area contributed by atoms with Gasteiger partial charge in [0, 0.05) is 25.2 Å². The van der Waals surface area contributed by atoms with Gasteiger partial charge in [-0.1, -0.05) is 6.42 Å². The average Bonchev–Trinajstić information content (AvgIpc) is 3.44. The molecule has 2 heterocycles. The molecule has 2 N–H and O–H groups in total. The molecule has 1 saturated carbocycles. The molecule has 0 saturated heterocycles. The molecule has 1 aliphatic carbocycles. The lowest BCUT2D eigenvalue weighted by atomic mass is 10.2. The number of anilines is 1. The van der Waals surface area contributed by atoms with Crippen LogP contribution in [-0.2, 0) is 22.8 Å². The first-order valence-corrected chi connectivity index (χ1v) is 12.2. The Morgan fingerprint density at radius 2 is 1.97 bits per heavy atom. The maximum absolute atomic E-state index is 13.8. The summed E-state index contributed by atoms with van der Waals surface area (Å²) in [5.74, 6) is 0.0738. The van der Waals surface area contributed by atoms with Gasteiger partial charge in [-0.3, -0.25) is 0 Å². The number of sulfone groups is 1. The number of fused-ring (bicyclic) bond motifs is 1. The lowest BCUT2D eigenvalue weighted by Crippen LogP contribution is -2.10. The third-order valence-electron chi connectivity index (χ3n) is 5.75. The first kappa shape index (κ1) is 21.7. The summed E-state index contributed by atoms with van der Waals surface area (Å²) in [7, 11) is -3.79. The number of nitrogen functional groups attached to an aromatic ring is 1. The molecule has 1 fully saturated rings. The molecule has 0 aliphatic heterocycles. The number of nitrogens with zero attached hydrogens (tertiary/aromatic N) is 3. The minimum Gasteiger partial charge on any atom is -0.382 e. The summed E-state index contributed by atoms with van der Waals surface area (Å²) in [5, 5.41) is 0. The third kappa shape index (κ3) is 4.71. The second-order valence-electron chi connectivity index (χ2n) is 8.31. The molecular weight excluding hydrogens is 422 g/mol. The van der Waals surface area contributed by atoms with Gasteiger partial charge in [-0.05, 0) is 56.2 Å². The number of nitrogens with two attached hydrogens (primary N) is 1. The summed E-state index contributed by atoms with van der Waals surface area (Å²) in [5.41, 5.74) is 8.77. The molecule has 1 aliphatic rings. The maximum atomic E-state index is 13.8. The summed E-state index contributed by atoms with van der Waals surface area (Å²) >= 11 is 0. The topological polar surface area (TPSA) is 90.9 Å². The van der Waals surface area contributed by atoms with Crippen LogP contribution in [0.3, 0.4) is 0 Å². The smallest absolute Gasteiger partial charge is 0.181 e. The number of aromatic nitrogens is 3. The third-order valence-corrected chi connectivity index (χ3v) is 7.58. The number of aryl methyl sites for hydroxylation is 2. The van der Waals surface area contributed by atoms with Crippen molar-refractivity contribution in [1.82, 2.24) is 14.5 Å². The van der Waals surface area contributed by atoms with E-state index in [2.05, 4.69) is 9.55 Å². The van der Waals surface area contributed by atoms with E-state index in [1.54, 1.807) is 6.20 Å². The standard InChI is InChI=1S/C22H26F2N4O2S/c1-14-13-26-22(25)20-21(14)28(19(27-20)11-15-5-6-15)9-3-2-4-10-31(29,30)18-8-7-16(23)12-17(18)24/h7-8,12-13,15H,2-6,9-11H2,1H3,(H2,25,26). The highest BCUT2D eigenvalue weighted by Crippen LogP contribution is 2.34. The highest BCUT2D eigenvalue weighted by Gasteiger charge is 2.26. The number of unbranched alkanes of at least 4 members (excludes halogenated alkanes) is 2. The quantitative estimate of drug-likeness (QED) is 0.391. The van der Waals surface area contributed by atoms with E-state index in [-0.39, 0.29) is 5.75 Å². The van der Waals surface area contributed by atoms with E-state index in [0.717, 1.165) is 47.4 Å². The molecule has 0 amide bonds. The predicted octanol–water partition coefficient (Wildman–Crippen LogP) is 4.20. The van der Waals surface area contributed by atoms with E-state index in [1.165, 1.54) is 12.8 Å². The van der Waals surface area contributed by atoms with Crippen LogP contribution in [0.15, 0.2) is 29.3 Å². The van der Waals surface area contributed by atoms with Crippen LogP contribution in [-0.4, -0.2) is 28.7 Å². The van der Waals surface area contributed by atoms with Crippen molar-refractivity contribution in [3.8, 4) is 0 Å². The molecule has 6 nitrogen and oxygen atoms in total. The number of pyridine rings is 1. The fourth-order valence-corrected chi connectivity index (χ4v) is 5.35. The summed E-state index contributed by atoms with van der Waals surface area (Å²) in [6, 6.07) is 2.55. The van der Waals surface area contributed by atoms with Gasteiger partial charge in [0.15, 0.2) is 15.7 Å². The van der Waals surface area contributed by atoms with E-state index in [9.17, 15) is 17.2 Å². The zero-order valence-electron chi connectivity index (χ0n) is 17.4. The van der Waals surface area contributed by atoms with Crippen LogP contribution in [0.4, 0.5) is 14.6 Å². The van der Waals surface area contributed by atoms with Gasteiger partial charge in [0.2, 0.25) is 0 Å². The van der Waals surface area contributed by atoms with Crippen LogP contribution in [0.1, 0.15) is 43.5 Å². The Labute approximate surface area is 180 Å². The van der Waals surface area contributed by atoms with Gasteiger partial charge >= 0.3 is 0 Å². The van der Waals surface area contributed by atoms with Gasteiger partial charge in [0.25, 0.3) is 0 Å². The van der Waals surface area contributed by atoms with Crippen molar-refractivity contribution >= 4 is 26.7 Å². The van der Waals surface area contributed by atoms with Gasteiger partial charge in [0.05, 0.1) is 11.3 Å². The van der Waals surface area contributed by atoms with Gasteiger partial charge in [-0.25, -0.2) is 27.2 Å². The average molecular weight is 449 g/mol. The fraction of sp³-hybridized carbons (Fsp3) is 0.455. The first-order valence-electron chi connectivity index (χ1n) is 10.5. The van der Waals surface area contributed by atoms with Crippen LogP contribution in [0.25, 0.3) is 11.0 Å². The molecule has 0 spiro atoms. The Balaban J connectivity index is 1.42. The zero-order chi connectivity index (χ0) is 22.2. The first-order chi connectivity index (χ1) is 14.8. The van der Waals surface area contributed by atoms with Crippen molar-refractivity contribution in [3.05, 3.63) is 47.4 Å². The van der Waals surface area contributed by atoms with Crippen LogP contribution in [0, 0.1) is 24.5 Å². The summed E-state index contributed by atoms with van der Waals surface area (Å²) in [4.78, 5) is 8.53. The zero-order valence-corrected chi connectivity index (χ0v) is 18.3. The molecule has 166 valence electrons. The fourth-order valence-electron chi connectivity index (χ4n) is 3.92. The Kier molecular flexibility index (Phi) is 5.96. The number of hydrogen-bond donors (Lipinski definition) is 1. The maximum Gasteiger partial charge on any atom is 0.181 e. The summed E-state index contributed by atoms with van der Waals surface area (Å²) < 4.78 is 53.9. The minimum absolute atomic E-state index is 0.176. The number of rotatable bonds is 9. The lowest BCUT2D eigenvalue weighted by Gasteiger charge is -2.11. The Morgan fingerprint density at radius 1 is 1.19 bits per heavy atom. The molecule has 4 rings (SSSR count). The number of hydrogen-bond acceptors (Lipinski definition) is 5. The normalized spacial score (nSPS) is 14.4. The lowest BCUT2D eigenvalue weighted by molar-refractivity contribution is 0.544. The van der Waals surface area contributed by atoms with Crippen LogP contribution in [0.5, 0.6) is 0 Å². The monoisotopic (exact) mass is 448 g/mol. The van der Waals surface area contributed by atoms with Crippen molar-refractivity contribution in [2.75, 3.05) is 11.5 Å². The molecule has 0 bridgehead atoms. The van der Waals surface area contributed by atoms with Crippen molar-refractivity contribution in [3.63, 3.8) is 0 Å². The van der Waals surface area contributed by atoms with Gasteiger partial charge in [-0.2, -0.15) is 0 Å². The molecule has 0 radical (unpaired) electrons. The number of halogens is 2. The molecule has 0 atom stereocenters. The molecule has 9 heteroatoms. The Hall–Kier alpha value is -2.55. The second-order valence-corrected chi connectivity index (χ2v) is 10.4. The molecule has 3 aromatic rings. The molecule has 0 unspecified atom stereocenters. The molecular formula is C22H26F2N4O2S. The van der Waals surface area contributed by atoms with Crippen molar-refractivity contribution in [2.45, 2.75) is 56.9 Å². The highest BCUT2D eigenvalue weighted by molar-refractivity contribution is 7.91. The predicted molar refractivity (Wildman–Crippen MR) is 115 cm³/mol. The number of imidazole rings is 1. The van der Waals surface area contributed by atoms with Crippen LogP contribution in [0.2, 0.25) is 0 Å². The Morgan fingerprint density at radius 3 is 2.68 bits per heavy atom. The summed E-state index contributed by atoms with van der Waals surface area (Å²) in [6.45, 7) is 2.69. The Bertz CT molecular complexity index is 1220. The van der Waals surface area contributed by atoms with E-state index in [4.69, 9.17) is 10.7 Å². The van der Waals surface area contributed by atoms with E-state index in [1.807, 2.05) is 6.92 Å². The molecule has 1 aromatic carbocycles. The van der Waals surface area contributed by atoms with Gasteiger partial charge < -0.3 is 10.3 Å². The van der Waals surface area contributed by atoms with Crippen molar-refractivity contribution in [2.24, 2.45) is 5.92 Å². The van der Waals surface area contributed by atoms with E-state index < -0.39 is 26.4 Å². The van der Waals surface area contributed by atoms with Crippen molar-refractivity contribution < 1.29 is 17.2 Å². The van der Waals surface area contributed by atoms with E-state index in [0.29, 0.717) is 37.2 Å². The minimum atomic E-state index is -3.79. The van der Waals surface area contributed by atoms with Gasteiger partial charge in [-0.15, -0.1) is 0 Å². The van der Waals surface area contributed by atoms with Crippen LogP contribution < -0.4 is 5.73 Å².